The first-order chi connectivity index (χ1) is 14.0. The summed E-state index contributed by atoms with van der Waals surface area (Å²) in [4.78, 5) is 31.8. The second kappa shape index (κ2) is 12.2. The summed E-state index contributed by atoms with van der Waals surface area (Å²) in [5, 5.41) is 11.3. The SMILES string of the molecule is [B]Cc1nc2ccc(C(=O)NCCOCCOCCC(=O)O)cc2nc1C[B]C. The van der Waals surface area contributed by atoms with Crippen LogP contribution in [0.2, 0.25) is 6.82 Å². The van der Waals surface area contributed by atoms with E-state index in [1.807, 2.05) is 14.1 Å². The minimum Gasteiger partial charge on any atom is -0.481 e. The lowest BCUT2D eigenvalue weighted by molar-refractivity contribution is -0.138. The minimum absolute atomic E-state index is 0.0298. The molecule has 3 radical (unpaired) electrons. The van der Waals surface area contributed by atoms with E-state index in [1.54, 1.807) is 18.2 Å². The molecule has 0 saturated carbocycles. The van der Waals surface area contributed by atoms with Crippen molar-refractivity contribution in [2.45, 2.75) is 25.9 Å². The fraction of sp³-hybridized carbons (Fsp3) is 0.474. The van der Waals surface area contributed by atoms with Crippen molar-refractivity contribution in [3.8, 4) is 0 Å². The largest absolute Gasteiger partial charge is 0.481 e. The Morgan fingerprint density at radius 2 is 1.83 bits per heavy atom. The standard InChI is InChI=1S/C19H24B2N3O5/c1-21-12-17-16(11-20)23-14-3-2-13(10-15(14)24-17)19(27)22-5-7-29-9-8-28-6-4-18(25)26/h2-3,10H,4-9,11-12H2,1H3,(H,22,27)(H,25,26). The first-order valence-corrected chi connectivity index (χ1v) is 9.48. The van der Waals surface area contributed by atoms with Gasteiger partial charge in [-0.3, -0.25) is 19.6 Å². The number of carboxylic acids is 1. The third kappa shape index (κ3) is 7.47. The Hall–Kier alpha value is -2.45. The zero-order chi connectivity index (χ0) is 21.1. The highest BCUT2D eigenvalue weighted by Gasteiger charge is 2.10. The van der Waals surface area contributed by atoms with Crippen LogP contribution in [0.5, 0.6) is 0 Å². The molecule has 151 valence electrons. The normalized spacial score (nSPS) is 10.8. The second-order valence-corrected chi connectivity index (χ2v) is 6.26. The van der Waals surface area contributed by atoms with Gasteiger partial charge in [-0.1, -0.05) is 6.82 Å². The van der Waals surface area contributed by atoms with Crippen LogP contribution in [0.4, 0.5) is 0 Å². The van der Waals surface area contributed by atoms with Crippen LogP contribution in [-0.4, -0.2) is 75.0 Å². The molecule has 2 rings (SSSR count). The molecule has 1 amide bonds. The summed E-state index contributed by atoms with van der Waals surface area (Å²) in [5.41, 5.74) is 3.43. The van der Waals surface area contributed by atoms with Gasteiger partial charge in [-0.2, -0.15) is 0 Å². The Morgan fingerprint density at radius 1 is 1.10 bits per heavy atom. The van der Waals surface area contributed by atoms with E-state index in [1.165, 1.54) is 0 Å². The van der Waals surface area contributed by atoms with E-state index in [0.717, 1.165) is 11.4 Å². The van der Waals surface area contributed by atoms with Gasteiger partial charge in [0.15, 0.2) is 0 Å². The van der Waals surface area contributed by atoms with E-state index >= 15 is 0 Å². The van der Waals surface area contributed by atoms with Crippen LogP contribution in [0.1, 0.15) is 28.2 Å². The summed E-state index contributed by atoms with van der Waals surface area (Å²) in [6, 6.07) is 5.19. The number of hydrogen-bond donors (Lipinski definition) is 2. The van der Waals surface area contributed by atoms with E-state index < -0.39 is 5.97 Å². The molecule has 2 N–H and O–H groups in total. The van der Waals surface area contributed by atoms with Crippen molar-refractivity contribution >= 4 is 38.0 Å². The van der Waals surface area contributed by atoms with Crippen molar-refractivity contribution in [1.29, 1.82) is 0 Å². The lowest BCUT2D eigenvalue weighted by Crippen LogP contribution is -2.27. The number of ether oxygens (including phenoxy) is 2. The summed E-state index contributed by atoms with van der Waals surface area (Å²) >= 11 is 0. The van der Waals surface area contributed by atoms with Gasteiger partial charge in [0.05, 0.1) is 63.1 Å². The number of carboxylic acid groups (broad SMARTS) is 1. The van der Waals surface area contributed by atoms with Gasteiger partial charge in [-0.05, 0) is 30.8 Å². The molecule has 10 heteroatoms. The fourth-order valence-electron chi connectivity index (χ4n) is 2.61. The zero-order valence-corrected chi connectivity index (χ0v) is 16.5. The molecule has 0 saturated heterocycles. The molecule has 0 fully saturated rings. The quantitative estimate of drug-likeness (QED) is 0.381. The lowest BCUT2D eigenvalue weighted by Gasteiger charge is -2.10. The Labute approximate surface area is 172 Å². The highest BCUT2D eigenvalue weighted by Crippen LogP contribution is 2.16. The molecule has 1 heterocycles. The minimum atomic E-state index is -0.895. The van der Waals surface area contributed by atoms with E-state index in [9.17, 15) is 9.59 Å². The van der Waals surface area contributed by atoms with Crippen molar-refractivity contribution < 1.29 is 24.2 Å². The Morgan fingerprint density at radius 3 is 2.52 bits per heavy atom. The lowest BCUT2D eigenvalue weighted by atomic mass is 9.75. The number of carbonyl (C=O) groups excluding carboxylic acids is 1. The van der Waals surface area contributed by atoms with Crippen LogP contribution in [0.25, 0.3) is 11.0 Å². The second-order valence-electron chi connectivity index (χ2n) is 6.26. The first kappa shape index (κ1) is 22.8. The van der Waals surface area contributed by atoms with E-state index in [2.05, 4.69) is 15.3 Å². The van der Waals surface area contributed by atoms with Gasteiger partial charge in [-0.25, -0.2) is 0 Å². The summed E-state index contributed by atoms with van der Waals surface area (Å²) in [6.45, 7) is 3.43. The number of fused-ring (bicyclic) bond motifs is 1. The third-order valence-corrected chi connectivity index (χ3v) is 4.04. The Balaban J connectivity index is 1.80. The Bertz CT molecular complexity index is 835. The van der Waals surface area contributed by atoms with Gasteiger partial charge >= 0.3 is 5.97 Å². The molecule has 0 bridgehead atoms. The molecule has 2 aromatic rings. The van der Waals surface area contributed by atoms with Crippen molar-refractivity contribution in [1.82, 2.24) is 15.3 Å². The van der Waals surface area contributed by atoms with Crippen molar-refractivity contribution in [2.75, 3.05) is 33.0 Å². The summed E-state index contributed by atoms with van der Waals surface area (Å²) in [5.74, 6) is -1.12. The molecule has 1 aromatic heterocycles. The van der Waals surface area contributed by atoms with E-state index in [4.69, 9.17) is 22.4 Å². The number of nitrogens with one attached hydrogen (secondary N) is 1. The molecule has 0 aliphatic heterocycles. The molecule has 0 unspecified atom stereocenters. The van der Waals surface area contributed by atoms with Gasteiger partial charge in [0, 0.05) is 12.1 Å². The van der Waals surface area contributed by atoms with Gasteiger partial charge in [0.25, 0.3) is 5.91 Å². The van der Waals surface area contributed by atoms with E-state index in [0.29, 0.717) is 55.6 Å². The molecule has 8 nitrogen and oxygen atoms in total. The maximum Gasteiger partial charge on any atom is 0.305 e. The third-order valence-electron chi connectivity index (χ3n) is 4.04. The molecule has 0 aliphatic rings. The molecule has 1 aromatic carbocycles. The summed E-state index contributed by atoms with van der Waals surface area (Å²) in [7, 11) is 7.74. The summed E-state index contributed by atoms with van der Waals surface area (Å²) < 4.78 is 10.5. The predicted octanol–water partition coefficient (Wildman–Crippen LogP) is 0.788. The van der Waals surface area contributed by atoms with Gasteiger partial charge in [0.1, 0.15) is 7.28 Å². The topological polar surface area (TPSA) is 111 Å². The van der Waals surface area contributed by atoms with Crippen molar-refractivity contribution in [3.05, 3.63) is 35.2 Å². The zero-order valence-electron chi connectivity index (χ0n) is 16.5. The van der Waals surface area contributed by atoms with Gasteiger partial charge < -0.3 is 19.9 Å². The molecule has 0 atom stereocenters. The number of rotatable bonds is 13. The Kier molecular flexibility index (Phi) is 9.59. The van der Waals surface area contributed by atoms with Gasteiger partial charge in [-0.15, -0.1) is 0 Å². The van der Waals surface area contributed by atoms with Crippen LogP contribution in [0.15, 0.2) is 18.2 Å². The van der Waals surface area contributed by atoms with Gasteiger partial charge in [0.2, 0.25) is 0 Å². The highest BCUT2D eigenvalue weighted by molar-refractivity contribution is 6.32. The number of nitrogens with zero attached hydrogens (tertiary/aromatic N) is 2. The number of aliphatic carboxylic acids is 1. The van der Waals surface area contributed by atoms with Crippen molar-refractivity contribution in [3.63, 3.8) is 0 Å². The first-order valence-electron chi connectivity index (χ1n) is 9.48. The van der Waals surface area contributed by atoms with Crippen LogP contribution in [0, 0.1) is 0 Å². The van der Waals surface area contributed by atoms with Crippen LogP contribution >= 0.6 is 0 Å². The maximum atomic E-state index is 12.3. The highest BCUT2D eigenvalue weighted by atomic mass is 16.5. The molecule has 0 aliphatic carbocycles. The monoisotopic (exact) mass is 396 g/mol. The van der Waals surface area contributed by atoms with Crippen LogP contribution < -0.4 is 5.32 Å². The number of amides is 1. The molecular formula is C19H24B2N3O5. The van der Waals surface area contributed by atoms with Crippen molar-refractivity contribution in [2.24, 2.45) is 0 Å². The fourth-order valence-corrected chi connectivity index (χ4v) is 2.61. The average molecular weight is 396 g/mol. The van der Waals surface area contributed by atoms with E-state index in [-0.39, 0.29) is 18.9 Å². The maximum absolute atomic E-state index is 12.3. The van der Waals surface area contributed by atoms with Crippen LogP contribution in [0.3, 0.4) is 0 Å². The predicted molar refractivity (Wildman–Crippen MR) is 111 cm³/mol. The molecular weight excluding hydrogens is 372 g/mol. The number of aromatic nitrogens is 2. The number of carbonyl (C=O) groups is 2. The summed E-state index contributed by atoms with van der Waals surface area (Å²) in [6.07, 6.45) is 0.958. The number of hydrogen-bond acceptors (Lipinski definition) is 6. The average Bonchev–Trinajstić information content (AvgIpc) is 2.71. The van der Waals surface area contributed by atoms with Crippen LogP contribution in [-0.2, 0) is 26.9 Å². The molecule has 29 heavy (non-hydrogen) atoms. The smallest absolute Gasteiger partial charge is 0.305 e. The number of benzene rings is 1. The molecule has 0 spiro atoms.